The van der Waals surface area contributed by atoms with Crippen molar-refractivity contribution in [1.29, 1.82) is 0 Å². The third-order valence-electron chi connectivity index (χ3n) is 3.48. The predicted molar refractivity (Wildman–Crippen MR) is 87.5 cm³/mol. The normalized spacial score (nSPS) is 11.2. The van der Waals surface area contributed by atoms with Gasteiger partial charge < -0.3 is 19.4 Å². The van der Waals surface area contributed by atoms with Crippen molar-refractivity contribution in [3.8, 4) is 11.5 Å². The Labute approximate surface area is 140 Å². The van der Waals surface area contributed by atoms with Gasteiger partial charge in [0, 0.05) is 25.4 Å². The van der Waals surface area contributed by atoms with Crippen LogP contribution in [0.5, 0.6) is 11.5 Å². The summed E-state index contributed by atoms with van der Waals surface area (Å²) < 4.78 is 34.7. The number of aryl methyl sites for hydroxylation is 1. The van der Waals surface area contributed by atoms with E-state index in [9.17, 15) is 8.78 Å². The van der Waals surface area contributed by atoms with E-state index < -0.39 is 6.61 Å². The van der Waals surface area contributed by atoms with Gasteiger partial charge in [0.05, 0.1) is 6.61 Å². The molecule has 0 fully saturated rings. The lowest BCUT2D eigenvalue weighted by atomic mass is 10.2. The summed E-state index contributed by atoms with van der Waals surface area (Å²) in [5.74, 6) is 1.39. The molecule has 132 valence electrons. The van der Waals surface area contributed by atoms with Gasteiger partial charge in [-0.3, -0.25) is 0 Å². The minimum absolute atomic E-state index is 0.0658. The number of aromatic amines is 1. The molecule has 1 N–H and O–H groups in total. The van der Waals surface area contributed by atoms with Crippen molar-refractivity contribution < 1.29 is 18.3 Å². The van der Waals surface area contributed by atoms with Crippen molar-refractivity contribution in [3.63, 3.8) is 0 Å². The Morgan fingerprint density at radius 3 is 2.79 bits per heavy atom. The first-order chi connectivity index (χ1) is 11.6. The molecule has 24 heavy (non-hydrogen) atoms. The molecule has 7 heteroatoms. The van der Waals surface area contributed by atoms with Crippen LogP contribution in [0.2, 0.25) is 0 Å². The summed E-state index contributed by atoms with van der Waals surface area (Å²) in [6.07, 6.45) is 5.44. The highest BCUT2D eigenvalue weighted by atomic mass is 19.3. The second kappa shape index (κ2) is 9.22. The summed E-state index contributed by atoms with van der Waals surface area (Å²) in [5.41, 5.74) is 0.987. The number of halogens is 2. The highest BCUT2D eigenvalue weighted by Crippen LogP contribution is 2.30. The van der Waals surface area contributed by atoms with Gasteiger partial charge in [-0.25, -0.2) is 4.98 Å². The zero-order chi connectivity index (χ0) is 17.4. The average molecular weight is 339 g/mol. The number of imidazole rings is 1. The summed E-state index contributed by atoms with van der Waals surface area (Å²) >= 11 is 0. The van der Waals surface area contributed by atoms with Gasteiger partial charge in [0.25, 0.3) is 0 Å². The van der Waals surface area contributed by atoms with Gasteiger partial charge in [-0.15, -0.1) is 0 Å². The molecule has 1 aromatic carbocycles. The maximum atomic E-state index is 12.4. The molecule has 0 aliphatic rings. The minimum atomic E-state index is -2.86. The van der Waals surface area contributed by atoms with E-state index in [1.165, 1.54) is 6.07 Å². The molecule has 2 rings (SSSR count). The lowest BCUT2D eigenvalue weighted by Gasteiger charge is -2.18. The standard InChI is InChI=1S/C17H23F2N3O2/c1-3-23-15-11-13(6-7-14(15)24-17(18)19)12-22(2)10-4-5-16-20-8-9-21-16/h6-9,11,17H,3-5,10,12H2,1-2H3,(H,20,21). The Balaban J connectivity index is 1.89. The van der Waals surface area contributed by atoms with Crippen LogP contribution in [0.4, 0.5) is 8.78 Å². The fraction of sp³-hybridized carbons (Fsp3) is 0.471. The fourth-order valence-corrected chi connectivity index (χ4v) is 2.45. The van der Waals surface area contributed by atoms with E-state index in [2.05, 4.69) is 19.6 Å². The minimum Gasteiger partial charge on any atom is -0.490 e. The highest BCUT2D eigenvalue weighted by Gasteiger charge is 2.12. The number of rotatable bonds is 10. The first-order valence-electron chi connectivity index (χ1n) is 7.95. The summed E-state index contributed by atoms with van der Waals surface area (Å²) in [5, 5.41) is 0. The number of aromatic nitrogens is 2. The molecule has 0 aliphatic heterocycles. The van der Waals surface area contributed by atoms with Crippen LogP contribution < -0.4 is 9.47 Å². The van der Waals surface area contributed by atoms with Crippen LogP contribution in [0.15, 0.2) is 30.6 Å². The molecule has 0 saturated carbocycles. The third-order valence-corrected chi connectivity index (χ3v) is 3.48. The molecule has 0 aliphatic carbocycles. The van der Waals surface area contributed by atoms with Crippen LogP contribution in [-0.4, -0.2) is 41.7 Å². The number of ether oxygens (including phenoxy) is 2. The van der Waals surface area contributed by atoms with Gasteiger partial charge in [0.2, 0.25) is 0 Å². The van der Waals surface area contributed by atoms with E-state index in [-0.39, 0.29) is 5.75 Å². The van der Waals surface area contributed by atoms with Crippen molar-refractivity contribution in [2.75, 3.05) is 20.2 Å². The van der Waals surface area contributed by atoms with Crippen LogP contribution in [0.3, 0.4) is 0 Å². The van der Waals surface area contributed by atoms with E-state index in [0.29, 0.717) is 18.9 Å². The van der Waals surface area contributed by atoms with Gasteiger partial charge in [-0.05, 0) is 44.6 Å². The molecule has 0 radical (unpaired) electrons. The summed E-state index contributed by atoms with van der Waals surface area (Å²) in [6.45, 7) is 0.939. The maximum absolute atomic E-state index is 12.4. The Morgan fingerprint density at radius 1 is 1.29 bits per heavy atom. The lowest BCUT2D eigenvalue weighted by Crippen LogP contribution is -2.19. The van der Waals surface area contributed by atoms with Gasteiger partial charge in [0.15, 0.2) is 11.5 Å². The second-order valence-electron chi connectivity index (χ2n) is 5.47. The molecule has 1 aromatic heterocycles. The molecular formula is C17H23F2N3O2. The summed E-state index contributed by atoms with van der Waals surface area (Å²) in [4.78, 5) is 9.45. The molecule has 1 heterocycles. The van der Waals surface area contributed by atoms with Gasteiger partial charge in [-0.1, -0.05) is 6.07 Å². The lowest BCUT2D eigenvalue weighted by molar-refractivity contribution is -0.0514. The summed E-state index contributed by atoms with van der Waals surface area (Å²) in [7, 11) is 2.02. The van der Waals surface area contributed by atoms with Crippen molar-refractivity contribution in [2.45, 2.75) is 32.9 Å². The molecule has 2 aromatic rings. The van der Waals surface area contributed by atoms with E-state index in [0.717, 1.165) is 30.8 Å². The number of nitrogens with one attached hydrogen (secondary N) is 1. The fourth-order valence-electron chi connectivity index (χ4n) is 2.45. The largest absolute Gasteiger partial charge is 0.490 e. The number of hydrogen-bond donors (Lipinski definition) is 1. The maximum Gasteiger partial charge on any atom is 0.387 e. The van der Waals surface area contributed by atoms with Crippen LogP contribution in [0.1, 0.15) is 24.7 Å². The first-order valence-corrected chi connectivity index (χ1v) is 7.95. The van der Waals surface area contributed by atoms with Crippen LogP contribution in [-0.2, 0) is 13.0 Å². The van der Waals surface area contributed by atoms with Crippen molar-refractivity contribution in [1.82, 2.24) is 14.9 Å². The van der Waals surface area contributed by atoms with Gasteiger partial charge in [0.1, 0.15) is 5.82 Å². The van der Waals surface area contributed by atoms with Crippen molar-refractivity contribution >= 4 is 0 Å². The highest BCUT2D eigenvalue weighted by molar-refractivity contribution is 5.43. The predicted octanol–water partition coefficient (Wildman–Crippen LogP) is 3.47. The van der Waals surface area contributed by atoms with E-state index in [1.807, 2.05) is 13.2 Å². The number of benzene rings is 1. The number of alkyl halides is 2. The molecule has 5 nitrogen and oxygen atoms in total. The quantitative estimate of drug-likeness (QED) is 0.720. The number of H-pyrrole nitrogens is 1. The molecular weight excluding hydrogens is 316 g/mol. The molecule has 0 amide bonds. The van der Waals surface area contributed by atoms with E-state index in [4.69, 9.17) is 4.74 Å². The SMILES string of the molecule is CCOc1cc(CN(C)CCCc2ncc[nH]2)ccc1OC(F)F. The van der Waals surface area contributed by atoms with Crippen molar-refractivity contribution in [3.05, 3.63) is 42.0 Å². The Morgan fingerprint density at radius 2 is 2.12 bits per heavy atom. The zero-order valence-electron chi connectivity index (χ0n) is 14.0. The molecule has 0 spiro atoms. The first kappa shape index (κ1) is 18.2. The molecule has 0 atom stereocenters. The molecule has 0 bridgehead atoms. The Bertz CT molecular complexity index is 606. The summed E-state index contributed by atoms with van der Waals surface area (Å²) in [6, 6.07) is 5.07. The monoisotopic (exact) mass is 339 g/mol. The zero-order valence-corrected chi connectivity index (χ0v) is 14.0. The Hall–Kier alpha value is -2.15. The topological polar surface area (TPSA) is 50.4 Å². The second-order valence-corrected chi connectivity index (χ2v) is 5.47. The van der Waals surface area contributed by atoms with Crippen LogP contribution >= 0.6 is 0 Å². The van der Waals surface area contributed by atoms with Crippen molar-refractivity contribution in [2.24, 2.45) is 0 Å². The third kappa shape index (κ3) is 5.81. The molecule has 0 saturated heterocycles. The Kier molecular flexibility index (Phi) is 6.99. The average Bonchev–Trinajstić information content (AvgIpc) is 3.03. The van der Waals surface area contributed by atoms with Gasteiger partial charge in [-0.2, -0.15) is 8.78 Å². The van der Waals surface area contributed by atoms with Gasteiger partial charge >= 0.3 is 6.61 Å². The van der Waals surface area contributed by atoms with Crippen LogP contribution in [0, 0.1) is 0 Å². The number of nitrogens with zero attached hydrogens (tertiary/aromatic N) is 2. The van der Waals surface area contributed by atoms with Crippen LogP contribution in [0.25, 0.3) is 0 Å². The number of hydrogen-bond acceptors (Lipinski definition) is 4. The smallest absolute Gasteiger partial charge is 0.387 e. The van der Waals surface area contributed by atoms with E-state index >= 15 is 0 Å². The molecule has 0 unspecified atom stereocenters. The van der Waals surface area contributed by atoms with E-state index in [1.54, 1.807) is 25.3 Å².